The molecule has 1 amide bonds. The quantitative estimate of drug-likeness (QED) is 0.492. The highest BCUT2D eigenvalue weighted by molar-refractivity contribution is 8.01. The topological polar surface area (TPSA) is 75.0 Å². The SMILES string of the molecule is CC(=O)Nc1ccnc(C(C#N)=CSCc2cccc(Oc3ccc(F)cc3)c2)c1. The number of hydrogen-bond acceptors (Lipinski definition) is 5. The van der Waals surface area contributed by atoms with Crippen LogP contribution in [0, 0.1) is 17.1 Å². The molecule has 0 fully saturated rings. The molecule has 3 rings (SSSR count). The molecule has 0 aliphatic rings. The van der Waals surface area contributed by atoms with Gasteiger partial charge in [0.15, 0.2) is 0 Å². The number of allylic oxidation sites excluding steroid dienone is 1. The third-order valence-electron chi connectivity index (χ3n) is 3.88. The summed E-state index contributed by atoms with van der Waals surface area (Å²) in [6.07, 6.45) is 1.55. The number of aromatic nitrogens is 1. The molecule has 1 heterocycles. The van der Waals surface area contributed by atoms with Crippen LogP contribution in [0.1, 0.15) is 18.2 Å². The molecule has 0 saturated carbocycles. The van der Waals surface area contributed by atoms with Crippen LogP contribution in [-0.2, 0) is 10.5 Å². The van der Waals surface area contributed by atoms with Crippen molar-refractivity contribution < 1.29 is 13.9 Å². The fraction of sp³-hybridized carbons (Fsp3) is 0.0870. The van der Waals surface area contributed by atoms with Crippen LogP contribution in [0.25, 0.3) is 5.57 Å². The second kappa shape index (κ2) is 10.2. The summed E-state index contributed by atoms with van der Waals surface area (Å²) in [4.78, 5) is 15.4. The Kier molecular flexibility index (Phi) is 7.19. The molecule has 0 spiro atoms. The minimum absolute atomic E-state index is 0.188. The van der Waals surface area contributed by atoms with Crippen molar-refractivity contribution >= 4 is 28.9 Å². The highest BCUT2D eigenvalue weighted by atomic mass is 32.2. The molecule has 2 aromatic carbocycles. The van der Waals surface area contributed by atoms with Gasteiger partial charge in [0.25, 0.3) is 0 Å². The number of hydrogen-bond donors (Lipinski definition) is 1. The van der Waals surface area contributed by atoms with E-state index >= 15 is 0 Å². The van der Waals surface area contributed by atoms with Crippen LogP contribution < -0.4 is 10.1 Å². The molecular formula is C23H18FN3O2S. The van der Waals surface area contributed by atoms with E-state index in [9.17, 15) is 14.4 Å². The van der Waals surface area contributed by atoms with Gasteiger partial charge in [-0.25, -0.2) is 4.39 Å². The molecule has 3 aromatic rings. The molecule has 0 saturated heterocycles. The van der Waals surface area contributed by atoms with Crippen molar-refractivity contribution in [2.45, 2.75) is 12.7 Å². The van der Waals surface area contributed by atoms with Crippen molar-refractivity contribution in [3.63, 3.8) is 0 Å². The van der Waals surface area contributed by atoms with E-state index in [4.69, 9.17) is 4.74 Å². The minimum atomic E-state index is -0.315. The fourth-order valence-electron chi connectivity index (χ4n) is 2.56. The summed E-state index contributed by atoms with van der Waals surface area (Å²) >= 11 is 1.45. The van der Waals surface area contributed by atoms with Crippen LogP contribution in [0.5, 0.6) is 11.5 Å². The first-order valence-electron chi connectivity index (χ1n) is 9.02. The first-order valence-corrected chi connectivity index (χ1v) is 10.1. The first kappa shape index (κ1) is 21.1. The Bertz CT molecular complexity index is 1110. The number of nitrogens with zero attached hydrogens (tertiary/aromatic N) is 2. The fourth-order valence-corrected chi connectivity index (χ4v) is 3.36. The summed E-state index contributed by atoms with van der Waals surface area (Å²) in [5.74, 6) is 1.32. The zero-order chi connectivity index (χ0) is 21.3. The van der Waals surface area contributed by atoms with Crippen LogP contribution >= 0.6 is 11.8 Å². The number of amides is 1. The smallest absolute Gasteiger partial charge is 0.221 e. The molecule has 0 bridgehead atoms. The van der Waals surface area contributed by atoms with Crippen molar-refractivity contribution in [3.05, 3.63) is 89.3 Å². The van der Waals surface area contributed by atoms with E-state index in [0.717, 1.165) is 5.56 Å². The van der Waals surface area contributed by atoms with Gasteiger partial charge < -0.3 is 10.1 Å². The standard InChI is InChI=1S/C23H18FN3O2S/c1-16(28)27-20-9-10-26-23(12-20)18(13-25)15-30-14-17-3-2-4-22(11-17)29-21-7-5-19(24)6-8-21/h2-12,15H,14H2,1H3,(H,26,27,28). The van der Waals surface area contributed by atoms with Gasteiger partial charge >= 0.3 is 0 Å². The molecule has 1 N–H and O–H groups in total. The second-order valence-corrected chi connectivity index (χ2v) is 7.13. The highest BCUT2D eigenvalue weighted by Crippen LogP contribution is 2.26. The normalized spacial score (nSPS) is 10.9. The van der Waals surface area contributed by atoms with E-state index in [0.29, 0.717) is 34.2 Å². The Balaban J connectivity index is 1.66. The number of nitriles is 1. The summed E-state index contributed by atoms with van der Waals surface area (Å²) in [5.41, 5.74) is 2.49. The van der Waals surface area contributed by atoms with Crippen LogP contribution in [0.4, 0.5) is 10.1 Å². The summed E-state index contributed by atoms with van der Waals surface area (Å²) in [5, 5.41) is 13.9. The molecule has 30 heavy (non-hydrogen) atoms. The van der Waals surface area contributed by atoms with E-state index in [2.05, 4.69) is 16.4 Å². The van der Waals surface area contributed by atoms with E-state index in [1.807, 2.05) is 24.3 Å². The number of carbonyl (C=O) groups is 1. The number of rotatable bonds is 7. The summed E-state index contributed by atoms with van der Waals surface area (Å²) in [6.45, 7) is 1.42. The van der Waals surface area contributed by atoms with Gasteiger partial charge in [0, 0.05) is 24.6 Å². The predicted molar refractivity (Wildman–Crippen MR) is 116 cm³/mol. The number of pyridine rings is 1. The molecule has 0 unspecified atom stereocenters. The molecule has 1 aromatic heterocycles. The van der Waals surface area contributed by atoms with Crippen molar-refractivity contribution in [1.82, 2.24) is 4.98 Å². The number of benzene rings is 2. The van der Waals surface area contributed by atoms with Crippen LogP contribution in [0.2, 0.25) is 0 Å². The van der Waals surface area contributed by atoms with Gasteiger partial charge in [-0.15, -0.1) is 11.8 Å². The van der Waals surface area contributed by atoms with E-state index in [1.54, 1.807) is 35.9 Å². The molecule has 0 aliphatic heterocycles. The monoisotopic (exact) mass is 419 g/mol. The maximum atomic E-state index is 13.0. The largest absolute Gasteiger partial charge is 0.457 e. The van der Waals surface area contributed by atoms with E-state index < -0.39 is 0 Å². The van der Waals surface area contributed by atoms with Gasteiger partial charge in [-0.2, -0.15) is 5.26 Å². The maximum Gasteiger partial charge on any atom is 0.221 e. The van der Waals surface area contributed by atoms with Crippen LogP contribution in [-0.4, -0.2) is 10.9 Å². The average molecular weight is 419 g/mol. The zero-order valence-corrected chi connectivity index (χ0v) is 16.9. The van der Waals surface area contributed by atoms with Gasteiger partial charge in [-0.3, -0.25) is 9.78 Å². The summed E-state index contributed by atoms with van der Waals surface area (Å²) in [7, 11) is 0. The van der Waals surface area contributed by atoms with Gasteiger partial charge in [0.1, 0.15) is 23.4 Å². The third-order valence-corrected chi connectivity index (χ3v) is 4.78. The lowest BCUT2D eigenvalue weighted by atomic mass is 10.2. The Morgan fingerprint density at radius 1 is 1.20 bits per heavy atom. The van der Waals surface area contributed by atoms with Crippen LogP contribution in [0.15, 0.2) is 72.3 Å². The lowest BCUT2D eigenvalue weighted by Crippen LogP contribution is -2.06. The highest BCUT2D eigenvalue weighted by Gasteiger charge is 2.06. The Morgan fingerprint density at radius 2 is 2.00 bits per heavy atom. The Morgan fingerprint density at radius 3 is 2.73 bits per heavy atom. The lowest BCUT2D eigenvalue weighted by Gasteiger charge is -2.07. The predicted octanol–water partition coefficient (Wildman–Crippen LogP) is 5.77. The molecule has 0 atom stereocenters. The van der Waals surface area contributed by atoms with Crippen LogP contribution in [0.3, 0.4) is 0 Å². The van der Waals surface area contributed by atoms with E-state index in [-0.39, 0.29) is 11.7 Å². The molecule has 7 heteroatoms. The molecule has 150 valence electrons. The molecular weight excluding hydrogens is 401 g/mol. The van der Waals surface area contributed by atoms with Crippen molar-refractivity contribution in [3.8, 4) is 17.6 Å². The van der Waals surface area contributed by atoms with Gasteiger partial charge in [-0.05, 0) is 59.5 Å². The zero-order valence-electron chi connectivity index (χ0n) is 16.1. The van der Waals surface area contributed by atoms with E-state index in [1.165, 1.54) is 30.8 Å². The molecule has 5 nitrogen and oxygen atoms in total. The van der Waals surface area contributed by atoms with Gasteiger partial charge in [-0.1, -0.05) is 12.1 Å². The number of halogens is 1. The molecule has 0 radical (unpaired) electrons. The Hall–Kier alpha value is -3.63. The Labute approximate surface area is 178 Å². The summed E-state index contributed by atoms with van der Waals surface area (Å²) < 4.78 is 18.8. The van der Waals surface area contributed by atoms with Crippen molar-refractivity contribution in [2.75, 3.05) is 5.32 Å². The number of ether oxygens (including phenoxy) is 1. The number of thioether (sulfide) groups is 1. The van der Waals surface area contributed by atoms with Crippen molar-refractivity contribution in [2.24, 2.45) is 0 Å². The van der Waals surface area contributed by atoms with Crippen molar-refractivity contribution in [1.29, 1.82) is 5.26 Å². The summed E-state index contributed by atoms with van der Waals surface area (Å²) in [6, 6.07) is 18.9. The number of nitrogens with one attached hydrogen (secondary N) is 1. The maximum absolute atomic E-state index is 13.0. The second-order valence-electron chi connectivity index (χ2n) is 6.27. The average Bonchev–Trinajstić information content (AvgIpc) is 2.73. The van der Waals surface area contributed by atoms with Gasteiger partial charge in [0.05, 0.1) is 11.3 Å². The third kappa shape index (κ3) is 6.19. The van der Waals surface area contributed by atoms with Gasteiger partial charge in [0.2, 0.25) is 5.91 Å². The first-order chi connectivity index (χ1) is 14.5. The lowest BCUT2D eigenvalue weighted by molar-refractivity contribution is -0.114. The number of carbonyl (C=O) groups excluding carboxylic acids is 1. The minimum Gasteiger partial charge on any atom is -0.457 e. The molecule has 0 aliphatic carbocycles. The number of anilines is 1.